The Kier molecular flexibility index (Phi) is 56.5. The van der Waals surface area contributed by atoms with Crippen LogP contribution in [-0.2, 0) is 28.6 Å². The van der Waals surface area contributed by atoms with E-state index in [0.717, 1.165) is 103 Å². The second-order valence-electron chi connectivity index (χ2n) is 19.0. The first kappa shape index (κ1) is 69.0. The van der Waals surface area contributed by atoms with Crippen LogP contribution in [0.5, 0.6) is 0 Å². The van der Waals surface area contributed by atoms with Crippen LogP contribution in [0.25, 0.3) is 0 Å². The summed E-state index contributed by atoms with van der Waals surface area (Å²) in [5, 5.41) is 0. The predicted octanol–water partition coefficient (Wildman–Crippen LogP) is 20.1. The van der Waals surface area contributed by atoms with Crippen LogP contribution in [0, 0.1) is 0 Å². The first-order valence-corrected chi connectivity index (χ1v) is 29.6. The fourth-order valence-electron chi connectivity index (χ4n) is 7.49. The normalized spacial score (nSPS) is 13.3. The van der Waals surface area contributed by atoms with E-state index in [0.29, 0.717) is 19.3 Å². The molecule has 0 rings (SSSR count). The molecule has 0 heterocycles. The van der Waals surface area contributed by atoms with Crippen molar-refractivity contribution >= 4 is 17.9 Å². The molecule has 0 aromatic carbocycles. The maximum atomic E-state index is 12.9. The molecule has 0 aliphatic heterocycles. The molecular formula is C68H106O6. The largest absolute Gasteiger partial charge is 0.462 e. The molecule has 74 heavy (non-hydrogen) atoms. The molecule has 0 radical (unpaired) electrons. The number of esters is 3. The zero-order chi connectivity index (χ0) is 53.6. The number of carbonyl (C=O) groups is 3. The number of hydrogen-bond acceptors (Lipinski definition) is 6. The highest BCUT2D eigenvalue weighted by molar-refractivity contribution is 5.71. The first-order valence-electron chi connectivity index (χ1n) is 29.6. The zero-order valence-electron chi connectivity index (χ0n) is 47.3. The summed E-state index contributed by atoms with van der Waals surface area (Å²) in [6, 6.07) is 0. The third-order valence-electron chi connectivity index (χ3n) is 11.9. The Bertz CT molecular complexity index is 1690. The highest BCUT2D eigenvalue weighted by Gasteiger charge is 2.19. The first-order chi connectivity index (χ1) is 36.5. The van der Waals surface area contributed by atoms with Crippen LogP contribution in [-0.4, -0.2) is 37.2 Å². The zero-order valence-corrected chi connectivity index (χ0v) is 47.3. The summed E-state index contributed by atoms with van der Waals surface area (Å²) in [5.74, 6) is -1.04. The van der Waals surface area contributed by atoms with Crippen LogP contribution in [0.1, 0.15) is 233 Å². The lowest BCUT2D eigenvalue weighted by atomic mass is 10.1. The quantitative estimate of drug-likeness (QED) is 0.0199. The van der Waals surface area contributed by atoms with Crippen LogP contribution in [0.15, 0.2) is 158 Å². The lowest BCUT2D eigenvalue weighted by Gasteiger charge is -2.18. The van der Waals surface area contributed by atoms with Gasteiger partial charge in [-0.2, -0.15) is 0 Å². The number of ether oxygens (including phenoxy) is 3. The number of rotatable bonds is 51. The molecule has 0 N–H and O–H groups in total. The molecular weight excluding hydrogens is 913 g/mol. The van der Waals surface area contributed by atoms with Gasteiger partial charge in [0.1, 0.15) is 13.2 Å². The third kappa shape index (κ3) is 57.9. The highest BCUT2D eigenvalue weighted by Crippen LogP contribution is 2.14. The average Bonchev–Trinajstić information content (AvgIpc) is 3.40. The summed E-state index contributed by atoms with van der Waals surface area (Å²) >= 11 is 0. The van der Waals surface area contributed by atoms with Crippen LogP contribution in [0.3, 0.4) is 0 Å². The van der Waals surface area contributed by atoms with Gasteiger partial charge < -0.3 is 14.2 Å². The van der Waals surface area contributed by atoms with Gasteiger partial charge in [-0.15, -0.1) is 0 Å². The Morgan fingerprint density at radius 1 is 0.297 bits per heavy atom. The Morgan fingerprint density at radius 2 is 0.635 bits per heavy atom. The van der Waals surface area contributed by atoms with Crippen molar-refractivity contribution in [1.82, 2.24) is 0 Å². The molecule has 0 aliphatic carbocycles. The number of unbranched alkanes of at least 4 members (excludes halogenated alkanes) is 19. The summed E-state index contributed by atoms with van der Waals surface area (Å²) in [6.45, 7) is 6.31. The fourth-order valence-corrected chi connectivity index (χ4v) is 7.49. The standard InChI is InChI=1S/C68H106O6/c1-4-7-10-13-16-19-22-25-28-31-34-37-40-43-46-49-52-55-58-61-67(70)73-64-65(63-72-66(69)60-57-54-51-48-45-42-39-36-33-30-27-24-21-18-15-12-9-6-3)74-68(71)62-59-56-53-50-47-44-41-38-35-32-29-26-23-20-17-14-11-8-5-2/h7,10,12,15-21,23-28,30,33-34,36-37,39,43,46,52,55,65H,4-6,8-9,11,13-14,22,29,31-32,35,38,40-42,44-45,47-51,53-54,56-64H2,1-3H3/b10-7-,15-12-,19-16-,20-17-,21-18-,26-23-,27-24-,28-25-,33-30-,37-34-,39-36-,46-43-,55-52-. The van der Waals surface area contributed by atoms with Gasteiger partial charge >= 0.3 is 17.9 Å². The van der Waals surface area contributed by atoms with Crippen molar-refractivity contribution in [2.45, 2.75) is 239 Å². The second kappa shape index (κ2) is 60.6. The molecule has 6 nitrogen and oxygen atoms in total. The average molecular weight is 1020 g/mol. The van der Waals surface area contributed by atoms with Crippen molar-refractivity contribution in [3.05, 3.63) is 158 Å². The Labute approximate surface area is 454 Å². The van der Waals surface area contributed by atoms with Gasteiger partial charge in [-0.1, -0.05) is 269 Å². The minimum Gasteiger partial charge on any atom is -0.462 e. The van der Waals surface area contributed by atoms with E-state index in [1.165, 1.54) is 83.5 Å². The van der Waals surface area contributed by atoms with Gasteiger partial charge in [-0.25, -0.2) is 0 Å². The van der Waals surface area contributed by atoms with E-state index in [1.807, 2.05) is 42.5 Å². The van der Waals surface area contributed by atoms with Crippen LogP contribution < -0.4 is 0 Å². The lowest BCUT2D eigenvalue weighted by Crippen LogP contribution is -2.30. The van der Waals surface area contributed by atoms with Gasteiger partial charge in [0.25, 0.3) is 0 Å². The van der Waals surface area contributed by atoms with E-state index in [4.69, 9.17) is 14.2 Å². The number of allylic oxidation sites excluding steroid dienone is 26. The van der Waals surface area contributed by atoms with Gasteiger partial charge in [0, 0.05) is 19.3 Å². The molecule has 0 saturated heterocycles. The van der Waals surface area contributed by atoms with Crippen molar-refractivity contribution < 1.29 is 28.6 Å². The minimum atomic E-state index is -0.831. The van der Waals surface area contributed by atoms with Crippen molar-refractivity contribution in [2.24, 2.45) is 0 Å². The molecule has 6 heteroatoms. The molecule has 0 bridgehead atoms. The molecule has 414 valence electrons. The molecule has 1 unspecified atom stereocenters. The molecule has 0 aromatic heterocycles. The summed E-state index contributed by atoms with van der Waals surface area (Å²) in [6.07, 6.45) is 88.0. The lowest BCUT2D eigenvalue weighted by molar-refractivity contribution is -0.166. The third-order valence-corrected chi connectivity index (χ3v) is 11.9. The fraction of sp³-hybridized carbons (Fsp3) is 0.574. The van der Waals surface area contributed by atoms with E-state index >= 15 is 0 Å². The summed E-state index contributed by atoms with van der Waals surface area (Å²) < 4.78 is 16.8. The minimum absolute atomic E-state index is 0.123. The van der Waals surface area contributed by atoms with Crippen molar-refractivity contribution in [3.63, 3.8) is 0 Å². The summed E-state index contributed by atoms with van der Waals surface area (Å²) in [4.78, 5) is 38.2. The molecule has 0 spiro atoms. The monoisotopic (exact) mass is 1020 g/mol. The molecule has 0 fully saturated rings. The SMILES string of the molecule is CC/C=C\C/C=C\C/C=C\C/C=C\C/C=C\C/C=C\CCC(=O)OCC(COC(=O)CCCCCCC\C=C/C=C\C=C/C=C\C=C/CCC)OC(=O)CCCCCCCCCCCC/C=C\C=C/CCCCC. The Hall–Kier alpha value is -4.97. The van der Waals surface area contributed by atoms with Crippen LogP contribution in [0.2, 0.25) is 0 Å². The van der Waals surface area contributed by atoms with Crippen LogP contribution in [0.4, 0.5) is 0 Å². The van der Waals surface area contributed by atoms with Gasteiger partial charge in [0.15, 0.2) is 6.10 Å². The number of carbonyl (C=O) groups excluding carboxylic acids is 3. The summed E-state index contributed by atoms with van der Waals surface area (Å²) in [7, 11) is 0. The molecule has 1 atom stereocenters. The number of hydrogen-bond donors (Lipinski definition) is 0. The Morgan fingerprint density at radius 3 is 1.07 bits per heavy atom. The second-order valence-corrected chi connectivity index (χ2v) is 19.0. The maximum absolute atomic E-state index is 12.9. The van der Waals surface area contributed by atoms with Crippen LogP contribution >= 0.6 is 0 Å². The van der Waals surface area contributed by atoms with Gasteiger partial charge in [0.05, 0.1) is 0 Å². The predicted molar refractivity (Wildman–Crippen MR) is 320 cm³/mol. The van der Waals surface area contributed by atoms with Gasteiger partial charge in [0.2, 0.25) is 0 Å². The topological polar surface area (TPSA) is 78.9 Å². The molecule has 0 aromatic rings. The van der Waals surface area contributed by atoms with E-state index in [1.54, 1.807) is 0 Å². The van der Waals surface area contributed by atoms with Crippen molar-refractivity contribution in [2.75, 3.05) is 13.2 Å². The van der Waals surface area contributed by atoms with E-state index < -0.39 is 6.10 Å². The molecule has 0 aliphatic rings. The van der Waals surface area contributed by atoms with Crippen molar-refractivity contribution in [3.8, 4) is 0 Å². The smallest absolute Gasteiger partial charge is 0.306 e. The van der Waals surface area contributed by atoms with Gasteiger partial charge in [-0.05, 0) is 103 Å². The van der Waals surface area contributed by atoms with E-state index in [9.17, 15) is 14.4 Å². The van der Waals surface area contributed by atoms with E-state index in [-0.39, 0.29) is 37.5 Å². The van der Waals surface area contributed by atoms with Gasteiger partial charge in [-0.3, -0.25) is 14.4 Å². The van der Waals surface area contributed by atoms with E-state index in [2.05, 4.69) is 136 Å². The van der Waals surface area contributed by atoms with Crippen molar-refractivity contribution in [1.29, 1.82) is 0 Å². The highest BCUT2D eigenvalue weighted by atomic mass is 16.6. The molecule has 0 saturated carbocycles. The Balaban J connectivity index is 4.59. The summed E-state index contributed by atoms with van der Waals surface area (Å²) in [5.41, 5.74) is 0. The maximum Gasteiger partial charge on any atom is 0.306 e. The molecule has 0 amide bonds.